The highest BCUT2D eigenvalue weighted by atomic mass is 16.2. The number of benzene rings is 1. The van der Waals surface area contributed by atoms with Crippen molar-refractivity contribution < 1.29 is 4.79 Å². The van der Waals surface area contributed by atoms with E-state index in [0.29, 0.717) is 6.42 Å². The Hall–Kier alpha value is -1.97. The minimum Gasteiger partial charge on any atom is -0.298 e. The lowest BCUT2D eigenvalue weighted by Crippen LogP contribution is -2.26. The number of fused-ring (bicyclic) bond motifs is 1. The number of ketones is 1. The molecule has 0 atom stereocenters. The van der Waals surface area contributed by atoms with E-state index >= 15 is 0 Å². The van der Waals surface area contributed by atoms with Gasteiger partial charge in [0, 0.05) is 18.0 Å². The van der Waals surface area contributed by atoms with Gasteiger partial charge in [0.25, 0.3) is 0 Å². The van der Waals surface area contributed by atoms with Crippen LogP contribution in [0.3, 0.4) is 0 Å². The summed E-state index contributed by atoms with van der Waals surface area (Å²) in [7, 11) is 0. The van der Waals surface area contributed by atoms with Gasteiger partial charge in [-0.25, -0.2) is 9.78 Å². The van der Waals surface area contributed by atoms with Crippen molar-refractivity contribution >= 4 is 16.7 Å². The van der Waals surface area contributed by atoms with Gasteiger partial charge in [-0.3, -0.25) is 9.36 Å². The number of hydrogen-bond acceptors (Lipinski definition) is 3. The summed E-state index contributed by atoms with van der Waals surface area (Å²) >= 11 is 0. The number of aromatic nitrogens is 2. The zero-order valence-electron chi connectivity index (χ0n) is 9.01. The summed E-state index contributed by atoms with van der Waals surface area (Å²) in [6.45, 7) is 1.88. The Morgan fingerprint density at radius 2 is 2.12 bits per heavy atom. The molecular weight excluding hydrogens is 204 g/mol. The van der Waals surface area contributed by atoms with E-state index in [0.717, 1.165) is 10.9 Å². The third-order valence-electron chi connectivity index (χ3n) is 2.50. The van der Waals surface area contributed by atoms with Crippen molar-refractivity contribution in [1.29, 1.82) is 0 Å². The molecule has 0 radical (unpaired) electrons. The number of carbonyl (C=O) groups excluding carboxylic acids is 1. The molecule has 1 aromatic carbocycles. The van der Waals surface area contributed by atoms with Gasteiger partial charge in [0.05, 0.1) is 12.1 Å². The molecule has 2 rings (SSSR count). The van der Waals surface area contributed by atoms with E-state index in [2.05, 4.69) is 4.98 Å². The summed E-state index contributed by atoms with van der Waals surface area (Å²) in [5.41, 5.74) is 0.379. The van der Waals surface area contributed by atoms with E-state index in [9.17, 15) is 9.59 Å². The van der Waals surface area contributed by atoms with Crippen LogP contribution in [0.2, 0.25) is 0 Å². The average molecular weight is 216 g/mol. The van der Waals surface area contributed by atoms with Gasteiger partial charge < -0.3 is 0 Å². The van der Waals surface area contributed by atoms with Crippen molar-refractivity contribution in [3.05, 3.63) is 40.9 Å². The van der Waals surface area contributed by atoms with Gasteiger partial charge in [-0.15, -0.1) is 0 Å². The molecule has 0 spiro atoms. The predicted octanol–water partition coefficient (Wildman–Crippen LogP) is 1.38. The fraction of sp³-hybridized carbons (Fsp3) is 0.250. The molecule has 16 heavy (non-hydrogen) atoms. The molecule has 0 N–H and O–H groups in total. The second-order valence-corrected chi connectivity index (χ2v) is 3.58. The van der Waals surface area contributed by atoms with Crippen LogP contribution >= 0.6 is 0 Å². The number of nitrogens with zero attached hydrogens (tertiary/aromatic N) is 2. The minimum absolute atomic E-state index is 0.0280. The molecule has 2 aromatic rings. The highest BCUT2D eigenvalue weighted by molar-refractivity contribution is 5.82. The van der Waals surface area contributed by atoms with Crippen LogP contribution in [-0.2, 0) is 11.3 Å². The molecule has 0 bridgehead atoms. The van der Waals surface area contributed by atoms with Crippen LogP contribution in [0.25, 0.3) is 10.9 Å². The maximum atomic E-state index is 11.6. The summed E-state index contributed by atoms with van der Waals surface area (Å²) in [5, 5.41) is 0.867. The van der Waals surface area contributed by atoms with Gasteiger partial charge in [-0.2, -0.15) is 0 Å². The first-order valence-corrected chi connectivity index (χ1v) is 5.18. The van der Waals surface area contributed by atoms with E-state index in [1.807, 2.05) is 24.3 Å². The van der Waals surface area contributed by atoms with Crippen molar-refractivity contribution in [3.8, 4) is 0 Å². The molecule has 1 aromatic heterocycles. The van der Waals surface area contributed by atoms with E-state index < -0.39 is 0 Å². The monoisotopic (exact) mass is 216 g/mol. The lowest BCUT2D eigenvalue weighted by molar-refractivity contribution is -0.119. The fourth-order valence-electron chi connectivity index (χ4n) is 1.58. The lowest BCUT2D eigenvalue weighted by Gasteiger charge is -2.07. The highest BCUT2D eigenvalue weighted by Gasteiger charge is 2.06. The Morgan fingerprint density at radius 3 is 2.88 bits per heavy atom. The summed E-state index contributed by atoms with van der Waals surface area (Å²) in [6.07, 6.45) is 1.96. The second-order valence-electron chi connectivity index (χ2n) is 3.58. The molecule has 0 saturated carbocycles. The van der Waals surface area contributed by atoms with Crippen LogP contribution in [0, 0.1) is 0 Å². The van der Waals surface area contributed by atoms with Crippen LogP contribution < -0.4 is 5.69 Å². The number of para-hydroxylation sites is 1. The molecule has 0 aliphatic rings. The van der Waals surface area contributed by atoms with Crippen LogP contribution in [0.15, 0.2) is 35.3 Å². The van der Waals surface area contributed by atoms with Crippen LogP contribution in [0.1, 0.15) is 13.3 Å². The minimum atomic E-state index is -0.375. The third-order valence-corrected chi connectivity index (χ3v) is 2.50. The molecule has 1 heterocycles. The lowest BCUT2D eigenvalue weighted by atomic mass is 10.2. The topological polar surface area (TPSA) is 52.0 Å². The summed E-state index contributed by atoms with van der Waals surface area (Å²) in [4.78, 5) is 26.7. The first kappa shape index (κ1) is 10.5. The van der Waals surface area contributed by atoms with Gasteiger partial charge in [0.2, 0.25) is 0 Å². The summed E-state index contributed by atoms with van der Waals surface area (Å²) < 4.78 is 1.42. The van der Waals surface area contributed by atoms with Crippen LogP contribution in [0.5, 0.6) is 0 Å². The first-order chi connectivity index (χ1) is 7.72. The average Bonchev–Trinajstić information content (AvgIpc) is 2.32. The standard InChI is InChI=1S/C12H12N2O2/c1-2-10(15)8-14-11-6-4-3-5-9(11)7-13-12(14)16/h3-7H,2,8H2,1H3. The van der Waals surface area contributed by atoms with Crippen molar-refractivity contribution in [3.63, 3.8) is 0 Å². The van der Waals surface area contributed by atoms with E-state index in [4.69, 9.17) is 0 Å². The van der Waals surface area contributed by atoms with E-state index in [1.54, 1.807) is 6.92 Å². The number of rotatable bonds is 3. The van der Waals surface area contributed by atoms with Gasteiger partial charge >= 0.3 is 5.69 Å². The molecule has 0 aliphatic carbocycles. The van der Waals surface area contributed by atoms with Crippen molar-refractivity contribution in [1.82, 2.24) is 9.55 Å². The highest BCUT2D eigenvalue weighted by Crippen LogP contribution is 2.09. The smallest absolute Gasteiger partial charge is 0.298 e. The van der Waals surface area contributed by atoms with Crippen LogP contribution in [-0.4, -0.2) is 15.3 Å². The van der Waals surface area contributed by atoms with Crippen molar-refractivity contribution in [2.24, 2.45) is 0 Å². The Kier molecular flexibility index (Phi) is 2.81. The maximum absolute atomic E-state index is 11.6. The Labute approximate surface area is 92.5 Å². The molecule has 4 nitrogen and oxygen atoms in total. The van der Waals surface area contributed by atoms with E-state index in [-0.39, 0.29) is 18.0 Å². The molecule has 0 unspecified atom stereocenters. The van der Waals surface area contributed by atoms with Gasteiger partial charge in [0.15, 0.2) is 5.78 Å². The zero-order chi connectivity index (χ0) is 11.5. The number of hydrogen-bond donors (Lipinski definition) is 0. The van der Waals surface area contributed by atoms with Crippen LogP contribution in [0.4, 0.5) is 0 Å². The third kappa shape index (κ3) is 1.86. The molecule has 82 valence electrons. The zero-order valence-corrected chi connectivity index (χ0v) is 9.01. The van der Waals surface area contributed by atoms with Crippen molar-refractivity contribution in [2.75, 3.05) is 0 Å². The molecule has 0 aliphatic heterocycles. The van der Waals surface area contributed by atoms with E-state index in [1.165, 1.54) is 10.8 Å². The SMILES string of the molecule is CCC(=O)Cn1c(=O)ncc2ccccc21. The number of Topliss-reactive ketones (excluding diaryl/α,β-unsaturated/α-hetero) is 1. The quantitative estimate of drug-likeness (QED) is 0.778. The normalized spacial score (nSPS) is 10.6. The molecule has 0 saturated heterocycles. The molecule has 4 heteroatoms. The van der Waals surface area contributed by atoms with Gasteiger partial charge in [0.1, 0.15) is 0 Å². The molecule has 0 amide bonds. The van der Waals surface area contributed by atoms with Crippen molar-refractivity contribution in [2.45, 2.75) is 19.9 Å². The summed E-state index contributed by atoms with van der Waals surface area (Å²) in [5.74, 6) is 0.0280. The maximum Gasteiger partial charge on any atom is 0.348 e. The Morgan fingerprint density at radius 1 is 1.38 bits per heavy atom. The predicted molar refractivity (Wildman–Crippen MR) is 61.3 cm³/mol. The second kappa shape index (κ2) is 4.26. The van der Waals surface area contributed by atoms with Gasteiger partial charge in [-0.05, 0) is 6.07 Å². The Balaban J connectivity index is 2.61. The summed E-state index contributed by atoms with van der Waals surface area (Å²) in [6, 6.07) is 7.41. The fourth-order valence-corrected chi connectivity index (χ4v) is 1.58. The Bertz CT molecular complexity index is 587. The van der Waals surface area contributed by atoms with Gasteiger partial charge in [-0.1, -0.05) is 25.1 Å². The number of carbonyl (C=O) groups is 1. The largest absolute Gasteiger partial charge is 0.348 e. The first-order valence-electron chi connectivity index (χ1n) is 5.18. The molecular formula is C12H12N2O2. The molecule has 0 fully saturated rings.